The molecule has 18 heavy (non-hydrogen) atoms. The molecule has 0 radical (unpaired) electrons. The maximum absolute atomic E-state index is 12.9. The van der Waals surface area contributed by atoms with Crippen molar-refractivity contribution in [2.24, 2.45) is 0 Å². The summed E-state index contributed by atoms with van der Waals surface area (Å²) in [4.78, 5) is 9.02. The van der Waals surface area contributed by atoms with Gasteiger partial charge in [-0.25, -0.2) is 4.98 Å². The van der Waals surface area contributed by atoms with Crippen molar-refractivity contribution in [2.45, 2.75) is 6.18 Å². The lowest BCUT2D eigenvalue weighted by molar-refractivity contribution is -0.137. The summed E-state index contributed by atoms with van der Waals surface area (Å²) in [6.45, 7) is 0. The Morgan fingerprint density at radius 3 is 2.50 bits per heavy atom. The molecule has 9 heteroatoms. The third kappa shape index (κ3) is 2.40. The molecule has 0 saturated heterocycles. The van der Waals surface area contributed by atoms with Crippen molar-refractivity contribution in [3.8, 4) is 5.82 Å². The molecular formula is C9H8F3N5O. The summed E-state index contributed by atoms with van der Waals surface area (Å²) in [5.74, 6) is -0.394. The zero-order chi connectivity index (χ0) is 13.2. The zero-order valence-electron chi connectivity index (χ0n) is 9.14. The van der Waals surface area contributed by atoms with Crippen molar-refractivity contribution in [3.05, 3.63) is 30.2 Å². The number of anilines is 1. The van der Waals surface area contributed by atoms with E-state index >= 15 is 0 Å². The third-order valence-electron chi connectivity index (χ3n) is 2.00. The largest absolute Gasteiger partial charge is 0.420 e. The molecular weight excluding hydrogens is 251 g/mol. The zero-order valence-corrected chi connectivity index (χ0v) is 9.14. The minimum atomic E-state index is -4.57. The fourth-order valence-electron chi connectivity index (χ4n) is 1.32. The summed E-state index contributed by atoms with van der Waals surface area (Å²) in [6.07, 6.45) is -0.842. The maximum Gasteiger partial charge on any atom is 0.420 e. The van der Waals surface area contributed by atoms with E-state index in [0.29, 0.717) is 0 Å². The molecule has 0 spiro atoms. The first-order valence-corrected chi connectivity index (χ1v) is 4.75. The van der Waals surface area contributed by atoms with E-state index < -0.39 is 17.6 Å². The van der Waals surface area contributed by atoms with Crippen LogP contribution in [0, 0.1) is 0 Å². The van der Waals surface area contributed by atoms with Crippen LogP contribution in [0.1, 0.15) is 5.56 Å². The Bertz CT molecular complexity index is 525. The van der Waals surface area contributed by atoms with Crippen molar-refractivity contribution in [3.63, 3.8) is 0 Å². The first kappa shape index (κ1) is 12.3. The van der Waals surface area contributed by atoms with Crippen LogP contribution in [0.5, 0.6) is 0 Å². The van der Waals surface area contributed by atoms with E-state index in [0.717, 1.165) is 10.9 Å². The van der Waals surface area contributed by atoms with Gasteiger partial charge < -0.3 is 0 Å². The molecule has 0 atom stereocenters. The first-order valence-electron chi connectivity index (χ1n) is 4.75. The molecule has 0 aliphatic heterocycles. The molecule has 0 fully saturated rings. The van der Waals surface area contributed by atoms with Crippen molar-refractivity contribution in [1.82, 2.24) is 20.0 Å². The van der Waals surface area contributed by atoms with E-state index in [-0.39, 0.29) is 5.69 Å². The molecule has 0 saturated carbocycles. The molecule has 0 bridgehead atoms. The van der Waals surface area contributed by atoms with Crippen molar-refractivity contribution >= 4 is 5.69 Å². The molecule has 0 aliphatic rings. The molecule has 0 amide bonds. The summed E-state index contributed by atoms with van der Waals surface area (Å²) in [5, 5.41) is 7.26. The van der Waals surface area contributed by atoms with Crippen LogP contribution in [0.2, 0.25) is 0 Å². The van der Waals surface area contributed by atoms with Crippen molar-refractivity contribution in [2.75, 3.05) is 12.6 Å². The molecule has 2 aromatic heterocycles. The molecule has 96 valence electrons. The van der Waals surface area contributed by atoms with Gasteiger partial charge in [0.25, 0.3) is 0 Å². The van der Waals surface area contributed by atoms with Gasteiger partial charge in [0.15, 0.2) is 5.82 Å². The number of nitrogens with zero attached hydrogens (tertiary/aromatic N) is 4. The van der Waals surface area contributed by atoms with E-state index in [9.17, 15) is 13.2 Å². The summed E-state index contributed by atoms with van der Waals surface area (Å²) in [6, 6.07) is 0.870. The lowest BCUT2D eigenvalue weighted by atomic mass is 10.2. The Morgan fingerprint density at radius 1 is 1.28 bits per heavy atom. The molecule has 6 nitrogen and oxygen atoms in total. The molecule has 0 aromatic carbocycles. The smallest absolute Gasteiger partial charge is 0.279 e. The number of aromatic nitrogens is 4. The Hall–Kier alpha value is -2.16. The Labute approximate surface area is 99.3 Å². The van der Waals surface area contributed by atoms with Crippen LogP contribution < -0.4 is 5.48 Å². The second-order valence-electron chi connectivity index (χ2n) is 3.22. The quantitative estimate of drug-likeness (QED) is 0.849. The van der Waals surface area contributed by atoms with Crippen LogP contribution in [-0.2, 0) is 11.0 Å². The van der Waals surface area contributed by atoms with Crippen LogP contribution in [0.15, 0.2) is 24.7 Å². The highest BCUT2D eigenvalue weighted by Crippen LogP contribution is 2.33. The van der Waals surface area contributed by atoms with Crippen molar-refractivity contribution < 1.29 is 18.0 Å². The number of alkyl halides is 3. The van der Waals surface area contributed by atoms with Gasteiger partial charge in [-0.2, -0.15) is 23.4 Å². The molecule has 2 rings (SSSR count). The van der Waals surface area contributed by atoms with Crippen LogP contribution in [-0.4, -0.2) is 27.1 Å². The van der Waals surface area contributed by atoms with Crippen LogP contribution in [0.25, 0.3) is 5.82 Å². The molecule has 2 heterocycles. The predicted molar refractivity (Wildman–Crippen MR) is 54.8 cm³/mol. The standard InChI is InChI=1S/C9H8F3N5O/c1-18-16-6-4-7(9(10,11)12)8(13-5-6)17-14-2-3-15-17/h2-5,16H,1H3. The summed E-state index contributed by atoms with van der Waals surface area (Å²) in [7, 11) is 1.29. The lowest BCUT2D eigenvalue weighted by Crippen LogP contribution is -2.15. The number of pyridine rings is 1. The number of rotatable bonds is 3. The lowest BCUT2D eigenvalue weighted by Gasteiger charge is -2.12. The highest BCUT2D eigenvalue weighted by molar-refractivity contribution is 5.48. The number of halogens is 3. The Kier molecular flexibility index (Phi) is 3.15. The van der Waals surface area contributed by atoms with E-state index in [2.05, 4.69) is 25.5 Å². The van der Waals surface area contributed by atoms with Gasteiger partial charge in [0.05, 0.1) is 31.4 Å². The van der Waals surface area contributed by atoms with E-state index in [1.807, 2.05) is 0 Å². The van der Waals surface area contributed by atoms with E-state index in [1.54, 1.807) is 0 Å². The van der Waals surface area contributed by atoms with Gasteiger partial charge in [0.2, 0.25) is 0 Å². The minimum Gasteiger partial charge on any atom is -0.279 e. The van der Waals surface area contributed by atoms with Gasteiger partial charge in [-0.3, -0.25) is 10.3 Å². The van der Waals surface area contributed by atoms with Gasteiger partial charge in [-0.05, 0) is 6.07 Å². The number of hydrogen-bond donors (Lipinski definition) is 1. The molecule has 0 aliphatic carbocycles. The van der Waals surface area contributed by atoms with Crippen LogP contribution in [0.4, 0.5) is 18.9 Å². The summed E-state index contributed by atoms with van der Waals surface area (Å²) < 4.78 is 38.6. The summed E-state index contributed by atoms with van der Waals surface area (Å²) in [5.41, 5.74) is 1.41. The highest BCUT2D eigenvalue weighted by atomic mass is 19.4. The summed E-state index contributed by atoms with van der Waals surface area (Å²) >= 11 is 0. The predicted octanol–water partition coefficient (Wildman–Crippen LogP) is 1.65. The minimum absolute atomic E-state index is 0.0840. The first-order chi connectivity index (χ1) is 8.52. The average Bonchev–Trinajstić information content (AvgIpc) is 2.81. The normalized spacial score (nSPS) is 11.6. The Balaban J connectivity index is 2.53. The fourth-order valence-corrected chi connectivity index (χ4v) is 1.32. The van der Waals surface area contributed by atoms with Gasteiger partial charge in [-0.15, -0.1) is 4.80 Å². The molecule has 2 aromatic rings. The third-order valence-corrected chi connectivity index (χ3v) is 2.00. The maximum atomic E-state index is 12.9. The van der Waals surface area contributed by atoms with Gasteiger partial charge in [-0.1, -0.05) is 0 Å². The average molecular weight is 259 g/mol. The van der Waals surface area contributed by atoms with Crippen LogP contribution >= 0.6 is 0 Å². The van der Waals surface area contributed by atoms with Crippen molar-refractivity contribution in [1.29, 1.82) is 0 Å². The topological polar surface area (TPSA) is 64.9 Å². The monoisotopic (exact) mass is 259 g/mol. The molecule has 1 N–H and O–H groups in total. The van der Waals surface area contributed by atoms with E-state index in [1.165, 1.54) is 25.7 Å². The highest BCUT2D eigenvalue weighted by Gasteiger charge is 2.36. The van der Waals surface area contributed by atoms with Gasteiger partial charge in [0, 0.05) is 0 Å². The Morgan fingerprint density at radius 2 is 1.94 bits per heavy atom. The molecule has 0 unspecified atom stereocenters. The fraction of sp³-hybridized carbons (Fsp3) is 0.222. The number of hydrogen-bond acceptors (Lipinski definition) is 5. The second-order valence-corrected chi connectivity index (χ2v) is 3.22. The SMILES string of the molecule is CONc1cnc(-n2nccn2)c(C(F)(F)F)c1. The van der Waals surface area contributed by atoms with Gasteiger partial charge >= 0.3 is 6.18 Å². The second kappa shape index (κ2) is 4.61. The van der Waals surface area contributed by atoms with E-state index in [4.69, 9.17) is 0 Å². The van der Waals surface area contributed by atoms with Gasteiger partial charge in [0.1, 0.15) is 5.56 Å². The number of nitrogens with one attached hydrogen (secondary N) is 1. The van der Waals surface area contributed by atoms with Crippen LogP contribution in [0.3, 0.4) is 0 Å².